The third-order valence-electron chi connectivity index (χ3n) is 18.1. The predicted molar refractivity (Wildman–Crippen MR) is 438 cm³/mol. The number of rotatable bonds is 20. The van der Waals surface area contributed by atoms with Gasteiger partial charge in [0, 0.05) is 63.2 Å². The minimum Gasteiger partial charge on any atom is -0.476 e. The van der Waals surface area contributed by atoms with Gasteiger partial charge >= 0.3 is 0 Å². The Hall–Kier alpha value is -9.97. The summed E-state index contributed by atoms with van der Waals surface area (Å²) in [6.07, 6.45) is 26.6. The van der Waals surface area contributed by atoms with Gasteiger partial charge in [-0.1, -0.05) is 184 Å². The molecule has 2 N–H and O–H groups in total. The highest BCUT2D eigenvalue weighted by atomic mass is 35.5. The molecule has 14 nitrogen and oxygen atoms in total. The molecule has 8 aromatic carbocycles. The number of unbranched alkanes of at least 4 members (excludes halogenated alkanes) is 3. The fraction of sp³-hybridized carbons (Fsp3) is 0.341. The zero-order valence-corrected chi connectivity index (χ0v) is 65.2. The van der Waals surface area contributed by atoms with Gasteiger partial charge < -0.3 is 9.47 Å². The average molecular weight is 1490 g/mol. The number of aromatic amines is 2. The van der Waals surface area contributed by atoms with Crippen LogP contribution in [0.2, 0.25) is 10.0 Å². The van der Waals surface area contributed by atoms with E-state index in [1.165, 1.54) is 88.3 Å². The van der Waals surface area contributed by atoms with E-state index >= 15 is 0 Å². The van der Waals surface area contributed by atoms with Crippen LogP contribution < -0.4 is 9.47 Å². The van der Waals surface area contributed by atoms with Gasteiger partial charge in [-0.2, -0.15) is 20.4 Å². The topological polar surface area (TPSA) is 147 Å². The van der Waals surface area contributed by atoms with Gasteiger partial charge in [-0.05, 0) is 201 Å². The molecule has 0 radical (unpaired) electrons. The Morgan fingerprint density at radius 3 is 1.48 bits per heavy atom. The summed E-state index contributed by atoms with van der Waals surface area (Å²) in [6.45, 7) is 26.6. The first-order chi connectivity index (χ1) is 52.0. The first-order valence-corrected chi connectivity index (χ1v) is 38.6. The SMILES string of the molecule is CCCC1=CC(C)(C)c2ccc(F)cc21.CCCCC1=CCc2ccc(F)cc21.CCCCn1ncc2ccc(Cl)cc21.CCCCn1ncc2ccccc21.CCCOc1n[nH]c2ccc(F)cc12.CCCn1ncc2ccc(Cl)cc21.CCCn1ncc2ccccc21.CCOc1n[nH]c2ccccc12. The van der Waals surface area contributed by atoms with Crippen LogP contribution in [-0.4, -0.2) is 72.7 Å². The molecule has 0 amide bonds. The molecule has 0 spiro atoms. The lowest BCUT2D eigenvalue weighted by molar-refractivity contribution is 0.308. The Balaban J connectivity index is 0.000000141. The van der Waals surface area contributed by atoms with Crippen LogP contribution in [0, 0.1) is 17.5 Å². The van der Waals surface area contributed by atoms with E-state index in [9.17, 15) is 13.2 Å². The summed E-state index contributed by atoms with van der Waals surface area (Å²) in [7, 11) is 0. The highest BCUT2D eigenvalue weighted by Crippen LogP contribution is 2.42. The normalized spacial score (nSPS) is 12.1. The van der Waals surface area contributed by atoms with Crippen molar-refractivity contribution in [2.45, 2.75) is 184 Å². The van der Waals surface area contributed by atoms with E-state index < -0.39 is 0 Å². The number of benzene rings is 8. The third kappa shape index (κ3) is 22.6. The lowest BCUT2D eigenvalue weighted by atomic mass is 9.87. The van der Waals surface area contributed by atoms with Crippen molar-refractivity contribution in [2.24, 2.45) is 0 Å². The van der Waals surface area contributed by atoms with Crippen molar-refractivity contribution in [1.82, 2.24) is 59.5 Å². The molecule has 0 saturated carbocycles. The maximum atomic E-state index is 13.2. The molecule has 19 heteroatoms. The Labute approximate surface area is 638 Å². The molecule has 14 aromatic rings. The first-order valence-electron chi connectivity index (χ1n) is 37.9. The van der Waals surface area contributed by atoms with Crippen LogP contribution in [0.5, 0.6) is 11.8 Å². The van der Waals surface area contributed by atoms with Crippen molar-refractivity contribution in [1.29, 1.82) is 0 Å². The number of hydrogen-bond acceptors (Lipinski definition) is 8. The summed E-state index contributed by atoms with van der Waals surface area (Å²) in [5, 5.41) is 39.0. The van der Waals surface area contributed by atoms with E-state index in [1.54, 1.807) is 30.3 Å². The number of ether oxygens (including phenoxy) is 2. The molecule has 0 unspecified atom stereocenters. The lowest BCUT2D eigenvalue weighted by Gasteiger charge is -2.17. The summed E-state index contributed by atoms with van der Waals surface area (Å²) >= 11 is 11.8. The molecule has 6 heterocycles. The van der Waals surface area contributed by atoms with E-state index in [2.05, 4.69) is 154 Å². The van der Waals surface area contributed by atoms with Crippen molar-refractivity contribution < 1.29 is 22.6 Å². The van der Waals surface area contributed by atoms with Gasteiger partial charge in [-0.15, -0.1) is 10.2 Å². The second kappa shape index (κ2) is 41.2. The largest absolute Gasteiger partial charge is 0.476 e. The highest BCUT2D eigenvalue weighted by molar-refractivity contribution is 6.31. The van der Waals surface area contributed by atoms with Gasteiger partial charge in [0.25, 0.3) is 0 Å². The number of para-hydroxylation sites is 3. The van der Waals surface area contributed by atoms with E-state index in [0.717, 1.165) is 137 Å². The molecule has 0 bridgehead atoms. The first kappa shape index (κ1) is 81.1. The Kier molecular flexibility index (Phi) is 31.3. The second-order valence-corrected chi connectivity index (χ2v) is 27.8. The lowest BCUT2D eigenvalue weighted by Crippen LogP contribution is -2.10. The number of halogens is 5. The van der Waals surface area contributed by atoms with Crippen molar-refractivity contribution in [3.63, 3.8) is 0 Å². The molecule has 16 rings (SSSR count). The van der Waals surface area contributed by atoms with Crippen molar-refractivity contribution in [3.8, 4) is 11.8 Å². The molecular weight excluding hydrogens is 1380 g/mol. The van der Waals surface area contributed by atoms with Crippen molar-refractivity contribution in [2.75, 3.05) is 13.2 Å². The number of fused-ring (bicyclic) bond motifs is 8. The molecule has 2 aliphatic carbocycles. The van der Waals surface area contributed by atoms with Gasteiger partial charge in [0.1, 0.15) is 17.5 Å². The Bertz CT molecular complexity index is 4980. The second-order valence-electron chi connectivity index (χ2n) is 26.9. The monoisotopic (exact) mass is 1490 g/mol. The van der Waals surface area contributed by atoms with Crippen LogP contribution in [0.1, 0.15) is 169 Å². The zero-order valence-electron chi connectivity index (χ0n) is 63.7. The van der Waals surface area contributed by atoms with Crippen LogP contribution in [0.25, 0.3) is 76.6 Å². The summed E-state index contributed by atoms with van der Waals surface area (Å²) in [5.41, 5.74) is 14.0. The van der Waals surface area contributed by atoms with Crippen molar-refractivity contribution in [3.05, 3.63) is 250 Å². The molecule has 0 aliphatic heterocycles. The summed E-state index contributed by atoms with van der Waals surface area (Å²) in [4.78, 5) is 0. The molecule has 107 heavy (non-hydrogen) atoms. The molecule has 0 atom stereocenters. The summed E-state index contributed by atoms with van der Waals surface area (Å²) in [5.74, 6) is 0.635. The Morgan fingerprint density at radius 1 is 0.430 bits per heavy atom. The van der Waals surface area contributed by atoms with Gasteiger partial charge in [-0.3, -0.25) is 28.9 Å². The van der Waals surface area contributed by atoms with Gasteiger partial charge in [0.15, 0.2) is 0 Å². The van der Waals surface area contributed by atoms with E-state index in [1.807, 2.05) is 133 Å². The van der Waals surface area contributed by atoms with E-state index in [0.29, 0.717) is 30.4 Å². The third-order valence-corrected chi connectivity index (χ3v) is 18.6. The summed E-state index contributed by atoms with van der Waals surface area (Å²) < 4.78 is 58.0. The number of H-pyrrole nitrogens is 2. The molecule has 6 aromatic heterocycles. The molecule has 0 saturated heterocycles. The van der Waals surface area contributed by atoms with E-state index in [-0.39, 0.29) is 22.9 Å². The number of nitrogens with zero attached hydrogens (tertiary/aromatic N) is 10. The Morgan fingerprint density at radius 2 is 0.916 bits per heavy atom. The predicted octanol–water partition coefficient (Wildman–Crippen LogP) is 24.6. The molecule has 562 valence electrons. The highest BCUT2D eigenvalue weighted by Gasteiger charge is 2.29. The molecule has 0 fully saturated rings. The number of allylic oxidation sites excluding steroid dienone is 4. The number of hydrogen-bond donors (Lipinski definition) is 2. The van der Waals surface area contributed by atoms with Crippen LogP contribution >= 0.6 is 23.2 Å². The molecule has 2 aliphatic rings. The van der Waals surface area contributed by atoms with Gasteiger partial charge in [0.2, 0.25) is 11.8 Å². The molecular formula is C88H103Cl2F3N12O2. The van der Waals surface area contributed by atoms with Crippen LogP contribution in [-0.2, 0) is 38.0 Å². The van der Waals surface area contributed by atoms with Crippen LogP contribution in [0.4, 0.5) is 13.2 Å². The van der Waals surface area contributed by atoms with E-state index in [4.69, 9.17) is 32.7 Å². The number of aryl methyl sites for hydroxylation is 4. The van der Waals surface area contributed by atoms with Crippen LogP contribution in [0.15, 0.2) is 201 Å². The maximum absolute atomic E-state index is 13.2. The minimum atomic E-state index is -0.278. The zero-order chi connectivity index (χ0) is 76.1. The maximum Gasteiger partial charge on any atom is 0.240 e. The fourth-order valence-corrected chi connectivity index (χ4v) is 13.1. The average Bonchev–Trinajstić information content (AvgIpc) is 1.62. The van der Waals surface area contributed by atoms with Gasteiger partial charge in [-0.25, -0.2) is 13.2 Å². The number of aromatic nitrogens is 12. The summed E-state index contributed by atoms with van der Waals surface area (Å²) in [6, 6.07) is 51.0. The fourth-order valence-electron chi connectivity index (χ4n) is 12.7. The smallest absolute Gasteiger partial charge is 0.240 e. The number of nitrogens with one attached hydrogen (secondary N) is 2. The minimum absolute atomic E-state index is 0.0630. The van der Waals surface area contributed by atoms with Gasteiger partial charge in [0.05, 0.1) is 81.9 Å². The quantitative estimate of drug-likeness (QED) is 0.0767. The van der Waals surface area contributed by atoms with Crippen molar-refractivity contribution >= 4 is 99.8 Å². The standard InChI is InChI=1S/C14H17F.C13H15F.C11H13ClN2.C11H14N2.C10H11ClN2.C10H11FN2O.C10H12N2.C9H10N2O/c1-4-5-10-9-14(2,3)13-7-6-11(15)8-12(10)13;1-2-3-4-10-5-6-11-7-8-12(14)9-13(10)11;1-2-3-6-14-11-7-10(12)5-4-9(11)8-13-14;1-2-3-8-13-11-7-5-4-6-10(11)9-12-13;1-2-5-13-10-6-9(11)4-3-8(10)7-12-13;1-2-5-14-10-8-6-7(11)3-4-9(8)12-13-10;1-2-7-12-10-6-4-3-5-9(10)8-11-12;1-2-12-9-7-5-3-4-6-8(7)10-11-9/h6-9H,4-5H2,1-3H3;5,7-9H,2-4,6H2,1H3;4-5,7-8H,2-3,6H2,1H3;4-7,9H,2-3,8H2,1H3;3-4,6-7H,2,5H2,1H3;3-4,6H,2,5H2,1H3,(H,12,13);3-6,8H,2,7H2,1H3;3-6H,2H2,1H3,(H,10,11). The van der Waals surface area contributed by atoms with Crippen LogP contribution in [0.3, 0.4) is 0 Å².